The van der Waals surface area contributed by atoms with Crippen LogP contribution in [0.3, 0.4) is 0 Å². The quantitative estimate of drug-likeness (QED) is 0.615. The van der Waals surface area contributed by atoms with Gasteiger partial charge in [0.1, 0.15) is 0 Å². The summed E-state index contributed by atoms with van der Waals surface area (Å²) in [6, 6.07) is 5.77. The largest absolute Gasteiger partial charge is 0.350 e. The van der Waals surface area contributed by atoms with Gasteiger partial charge in [-0.15, -0.1) is 0 Å². The summed E-state index contributed by atoms with van der Waals surface area (Å²) >= 11 is 0. The zero-order valence-corrected chi connectivity index (χ0v) is 12.0. The van der Waals surface area contributed by atoms with Crippen molar-refractivity contribution in [3.05, 3.63) is 39.9 Å². The lowest BCUT2D eigenvalue weighted by atomic mass is 10.0. The molecule has 20 heavy (non-hydrogen) atoms. The Hall–Kier alpha value is -1.95. The fourth-order valence-electron chi connectivity index (χ4n) is 1.74. The molecule has 0 aliphatic rings. The summed E-state index contributed by atoms with van der Waals surface area (Å²) in [6.07, 6.45) is 0.247. The maximum Gasteiger partial charge on any atom is 0.269 e. The van der Waals surface area contributed by atoms with Crippen LogP contribution < -0.4 is 11.1 Å². The van der Waals surface area contributed by atoms with Crippen LogP contribution in [0.25, 0.3) is 0 Å². The minimum atomic E-state index is -0.452. The third kappa shape index (κ3) is 4.62. The third-order valence-electron chi connectivity index (χ3n) is 3.24. The maximum atomic E-state index is 11.8. The Morgan fingerprint density at radius 3 is 2.60 bits per heavy atom. The number of non-ortho nitro benzene ring substituents is 1. The van der Waals surface area contributed by atoms with E-state index < -0.39 is 4.92 Å². The summed E-state index contributed by atoms with van der Waals surface area (Å²) in [4.78, 5) is 22.1. The number of nitrogens with zero attached hydrogens (tertiary/aromatic N) is 1. The fraction of sp³-hybridized carbons (Fsp3) is 0.500. The van der Waals surface area contributed by atoms with E-state index in [2.05, 4.69) is 5.32 Å². The number of benzene rings is 1. The zero-order chi connectivity index (χ0) is 15.3. The summed E-state index contributed by atoms with van der Waals surface area (Å²) in [5.41, 5.74) is 6.56. The highest BCUT2D eigenvalue weighted by molar-refractivity contribution is 5.77. The smallest absolute Gasteiger partial charge is 0.269 e. The Morgan fingerprint density at radius 1 is 1.40 bits per heavy atom. The van der Waals surface area contributed by atoms with E-state index in [1.807, 2.05) is 13.8 Å². The van der Waals surface area contributed by atoms with Gasteiger partial charge in [-0.2, -0.15) is 0 Å². The minimum absolute atomic E-state index is 0.0162. The average Bonchev–Trinajstić information content (AvgIpc) is 2.38. The predicted octanol–water partition coefficient (Wildman–Crippen LogP) is 2.15. The third-order valence-corrected chi connectivity index (χ3v) is 3.24. The Morgan fingerprint density at radius 2 is 2.05 bits per heavy atom. The molecule has 0 radical (unpaired) electrons. The van der Waals surface area contributed by atoms with Gasteiger partial charge in [0, 0.05) is 24.6 Å². The van der Waals surface area contributed by atoms with Crippen LogP contribution >= 0.6 is 0 Å². The molecule has 110 valence electrons. The first-order valence-corrected chi connectivity index (χ1v) is 6.60. The molecule has 6 heteroatoms. The fourth-order valence-corrected chi connectivity index (χ4v) is 1.74. The van der Waals surface area contributed by atoms with Crippen molar-refractivity contribution in [1.82, 2.24) is 5.32 Å². The van der Waals surface area contributed by atoms with Crippen LogP contribution in [0.1, 0.15) is 38.8 Å². The highest BCUT2D eigenvalue weighted by Crippen LogP contribution is 2.19. The number of nitro benzene ring substituents is 1. The van der Waals surface area contributed by atoms with Gasteiger partial charge in [-0.25, -0.2) is 0 Å². The number of hydrogen-bond acceptors (Lipinski definition) is 4. The van der Waals surface area contributed by atoms with Crippen LogP contribution in [-0.4, -0.2) is 16.9 Å². The van der Waals surface area contributed by atoms with Crippen molar-refractivity contribution < 1.29 is 9.72 Å². The molecule has 0 saturated carbocycles. The van der Waals surface area contributed by atoms with E-state index in [9.17, 15) is 14.9 Å². The summed E-state index contributed by atoms with van der Waals surface area (Å²) in [5, 5.41) is 13.5. The first-order valence-electron chi connectivity index (χ1n) is 6.60. The molecule has 1 rings (SSSR count). The van der Waals surface area contributed by atoms with Crippen LogP contribution in [0.15, 0.2) is 24.3 Å². The van der Waals surface area contributed by atoms with Gasteiger partial charge in [-0.1, -0.05) is 26.0 Å². The first kappa shape index (κ1) is 16.1. The SMILES string of the molecule is CC(NC(=O)CC(N)C(C)C)c1cccc([N+](=O)[O-])c1. The summed E-state index contributed by atoms with van der Waals surface area (Å²) in [6.45, 7) is 5.71. The van der Waals surface area contributed by atoms with Gasteiger partial charge < -0.3 is 11.1 Å². The van der Waals surface area contributed by atoms with E-state index in [0.29, 0.717) is 5.56 Å². The molecule has 1 amide bonds. The molecule has 2 atom stereocenters. The van der Waals surface area contributed by atoms with Crippen molar-refractivity contribution in [2.45, 2.75) is 39.3 Å². The molecule has 0 aliphatic carbocycles. The van der Waals surface area contributed by atoms with E-state index in [0.717, 1.165) is 0 Å². The van der Waals surface area contributed by atoms with Crippen LogP contribution in [0.2, 0.25) is 0 Å². The Balaban J connectivity index is 2.66. The van der Waals surface area contributed by atoms with Crippen molar-refractivity contribution in [3.63, 3.8) is 0 Å². The number of nitro groups is 1. The second kappa shape index (κ2) is 7.00. The molecule has 0 heterocycles. The molecule has 0 bridgehead atoms. The van der Waals surface area contributed by atoms with Crippen molar-refractivity contribution in [2.24, 2.45) is 11.7 Å². The van der Waals surface area contributed by atoms with Crippen molar-refractivity contribution in [1.29, 1.82) is 0 Å². The molecule has 1 aromatic rings. The number of nitrogens with one attached hydrogen (secondary N) is 1. The highest BCUT2D eigenvalue weighted by atomic mass is 16.6. The van der Waals surface area contributed by atoms with Crippen LogP contribution in [0.4, 0.5) is 5.69 Å². The normalized spacial score (nSPS) is 13.8. The van der Waals surface area contributed by atoms with E-state index in [1.54, 1.807) is 19.1 Å². The van der Waals surface area contributed by atoms with Crippen LogP contribution in [0, 0.1) is 16.0 Å². The van der Waals surface area contributed by atoms with Gasteiger partial charge in [-0.3, -0.25) is 14.9 Å². The van der Waals surface area contributed by atoms with Gasteiger partial charge in [0.15, 0.2) is 0 Å². The molecule has 0 fully saturated rings. The number of nitrogens with two attached hydrogens (primary N) is 1. The minimum Gasteiger partial charge on any atom is -0.350 e. The second-order valence-electron chi connectivity index (χ2n) is 5.25. The Bertz CT molecular complexity index is 488. The lowest BCUT2D eigenvalue weighted by molar-refractivity contribution is -0.384. The molecule has 0 saturated heterocycles. The van der Waals surface area contributed by atoms with Crippen LogP contribution in [0.5, 0.6) is 0 Å². The van der Waals surface area contributed by atoms with Crippen molar-refractivity contribution in [3.8, 4) is 0 Å². The zero-order valence-electron chi connectivity index (χ0n) is 12.0. The summed E-state index contributed by atoms with van der Waals surface area (Å²) < 4.78 is 0. The van der Waals surface area contributed by atoms with E-state index in [1.165, 1.54) is 12.1 Å². The number of amides is 1. The molecule has 0 spiro atoms. The van der Waals surface area contributed by atoms with Crippen molar-refractivity contribution in [2.75, 3.05) is 0 Å². The molecule has 3 N–H and O–H groups in total. The number of rotatable bonds is 6. The molecular weight excluding hydrogens is 258 g/mol. The summed E-state index contributed by atoms with van der Waals surface area (Å²) in [5.74, 6) is 0.0825. The Kier molecular flexibility index (Phi) is 5.64. The monoisotopic (exact) mass is 279 g/mol. The second-order valence-corrected chi connectivity index (χ2v) is 5.25. The van der Waals surface area contributed by atoms with E-state index in [4.69, 9.17) is 5.73 Å². The van der Waals surface area contributed by atoms with Gasteiger partial charge in [0.2, 0.25) is 5.91 Å². The molecular formula is C14H21N3O3. The van der Waals surface area contributed by atoms with E-state index in [-0.39, 0.29) is 36.0 Å². The molecule has 2 unspecified atom stereocenters. The average molecular weight is 279 g/mol. The number of carbonyl (C=O) groups excluding carboxylic acids is 1. The highest BCUT2D eigenvalue weighted by Gasteiger charge is 2.16. The molecule has 6 nitrogen and oxygen atoms in total. The van der Waals surface area contributed by atoms with Gasteiger partial charge in [0.25, 0.3) is 5.69 Å². The molecule has 1 aromatic carbocycles. The Labute approximate surface area is 118 Å². The van der Waals surface area contributed by atoms with E-state index >= 15 is 0 Å². The van der Waals surface area contributed by atoms with Crippen LogP contribution in [-0.2, 0) is 4.79 Å². The maximum absolute atomic E-state index is 11.8. The lowest BCUT2D eigenvalue weighted by Crippen LogP contribution is -2.35. The van der Waals surface area contributed by atoms with Gasteiger partial charge in [0.05, 0.1) is 11.0 Å². The topological polar surface area (TPSA) is 98.3 Å². The number of carbonyl (C=O) groups is 1. The predicted molar refractivity (Wildman–Crippen MR) is 77.1 cm³/mol. The van der Waals surface area contributed by atoms with Gasteiger partial charge in [-0.05, 0) is 18.4 Å². The standard InChI is InChI=1S/C14H21N3O3/c1-9(2)13(15)8-14(18)16-10(3)11-5-4-6-12(7-11)17(19)20/h4-7,9-10,13H,8,15H2,1-3H3,(H,16,18). The molecule has 0 aliphatic heterocycles. The summed E-state index contributed by atoms with van der Waals surface area (Å²) in [7, 11) is 0. The number of hydrogen-bond donors (Lipinski definition) is 2. The molecule has 0 aromatic heterocycles. The lowest BCUT2D eigenvalue weighted by Gasteiger charge is -2.18. The first-order chi connectivity index (χ1) is 9.31. The van der Waals surface area contributed by atoms with Gasteiger partial charge >= 0.3 is 0 Å². The van der Waals surface area contributed by atoms with Crippen molar-refractivity contribution >= 4 is 11.6 Å².